The van der Waals surface area contributed by atoms with Gasteiger partial charge >= 0.3 is 0 Å². The van der Waals surface area contributed by atoms with Crippen LogP contribution < -0.4 is 11.1 Å². The molecule has 2 heterocycles. The molecule has 1 amide bonds. The van der Waals surface area contributed by atoms with Crippen LogP contribution in [0.3, 0.4) is 0 Å². The molecule has 0 saturated carbocycles. The van der Waals surface area contributed by atoms with Gasteiger partial charge < -0.3 is 11.1 Å². The van der Waals surface area contributed by atoms with E-state index in [0.717, 1.165) is 19.6 Å². The summed E-state index contributed by atoms with van der Waals surface area (Å²) < 4.78 is 0. The molecule has 5 heteroatoms. The van der Waals surface area contributed by atoms with Gasteiger partial charge in [0.25, 0.3) is 0 Å². The van der Waals surface area contributed by atoms with Gasteiger partial charge in [-0.2, -0.15) is 0 Å². The van der Waals surface area contributed by atoms with E-state index in [1.165, 1.54) is 25.8 Å². The highest BCUT2D eigenvalue weighted by Gasteiger charge is 2.32. The maximum atomic E-state index is 11.7. The van der Waals surface area contributed by atoms with E-state index in [1.54, 1.807) is 0 Å². The van der Waals surface area contributed by atoms with Crippen molar-refractivity contribution < 1.29 is 4.79 Å². The van der Waals surface area contributed by atoms with Crippen LogP contribution >= 0.6 is 0 Å². The number of piperidine rings is 1. The van der Waals surface area contributed by atoms with E-state index in [4.69, 9.17) is 5.73 Å². The van der Waals surface area contributed by atoms with Gasteiger partial charge in [0.05, 0.1) is 0 Å². The molecule has 0 spiro atoms. The molecule has 2 unspecified atom stereocenters. The Hall–Kier alpha value is -0.650. The molecule has 0 radical (unpaired) electrons. The van der Waals surface area contributed by atoms with Crippen LogP contribution in [0, 0.1) is 0 Å². The third-order valence-electron chi connectivity index (χ3n) is 4.45. The predicted molar refractivity (Wildman–Crippen MR) is 76.9 cm³/mol. The fourth-order valence-corrected chi connectivity index (χ4v) is 3.36. The molecule has 2 rings (SSSR count). The Labute approximate surface area is 116 Å². The third kappa shape index (κ3) is 3.91. The minimum Gasteiger partial charge on any atom is -0.356 e. The summed E-state index contributed by atoms with van der Waals surface area (Å²) in [7, 11) is 0. The second-order valence-electron chi connectivity index (χ2n) is 5.73. The molecule has 2 aliphatic heterocycles. The van der Waals surface area contributed by atoms with Gasteiger partial charge in [-0.05, 0) is 26.3 Å². The minimum absolute atomic E-state index is 0.129. The number of rotatable bonds is 5. The highest BCUT2D eigenvalue weighted by atomic mass is 16.1. The lowest BCUT2D eigenvalue weighted by atomic mass is 9.98. The second kappa shape index (κ2) is 7.22. The number of amides is 1. The average Bonchev–Trinajstić information content (AvgIpc) is 2.44. The van der Waals surface area contributed by atoms with E-state index in [1.807, 2.05) is 6.92 Å². The van der Waals surface area contributed by atoms with Crippen molar-refractivity contribution in [2.75, 3.05) is 39.3 Å². The van der Waals surface area contributed by atoms with Crippen LogP contribution in [0.15, 0.2) is 0 Å². The maximum Gasteiger partial charge on any atom is 0.221 e. The fraction of sp³-hybridized carbons (Fsp3) is 0.929. The highest BCUT2D eigenvalue weighted by molar-refractivity contribution is 5.76. The number of carbonyl (C=O) groups excluding carboxylic acids is 1. The van der Waals surface area contributed by atoms with Gasteiger partial charge in [-0.1, -0.05) is 6.42 Å². The molecule has 19 heavy (non-hydrogen) atoms. The largest absolute Gasteiger partial charge is 0.356 e. The van der Waals surface area contributed by atoms with Crippen molar-refractivity contribution in [1.29, 1.82) is 0 Å². The Kier molecular flexibility index (Phi) is 5.60. The van der Waals surface area contributed by atoms with Gasteiger partial charge in [0.15, 0.2) is 0 Å². The van der Waals surface area contributed by atoms with Crippen LogP contribution in [0.2, 0.25) is 0 Å². The molecule has 0 aromatic carbocycles. The van der Waals surface area contributed by atoms with Gasteiger partial charge in [-0.25, -0.2) is 0 Å². The topological polar surface area (TPSA) is 61.6 Å². The fourth-order valence-electron chi connectivity index (χ4n) is 3.36. The Bertz CT molecular complexity index is 297. The number of nitrogens with two attached hydrogens (primary N) is 1. The van der Waals surface area contributed by atoms with Crippen LogP contribution in [0.4, 0.5) is 0 Å². The number of hydrogen-bond donors (Lipinski definition) is 2. The first kappa shape index (κ1) is 14.8. The van der Waals surface area contributed by atoms with Gasteiger partial charge in [0, 0.05) is 51.2 Å². The SMILES string of the molecule is CCNC(=O)CC(CN)N1CCN2CCCCC2C1. The van der Waals surface area contributed by atoms with E-state index in [2.05, 4.69) is 15.1 Å². The molecule has 2 aliphatic rings. The number of carbonyl (C=O) groups is 1. The summed E-state index contributed by atoms with van der Waals surface area (Å²) in [6.07, 6.45) is 4.53. The molecule has 2 atom stereocenters. The Morgan fingerprint density at radius 2 is 2.21 bits per heavy atom. The van der Waals surface area contributed by atoms with Crippen LogP contribution in [0.1, 0.15) is 32.6 Å². The highest BCUT2D eigenvalue weighted by Crippen LogP contribution is 2.22. The van der Waals surface area contributed by atoms with Crippen molar-refractivity contribution in [3.05, 3.63) is 0 Å². The van der Waals surface area contributed by atoms with Gasteiger partial charge in [-0.3, -0.25) is 14.6 Å². The molecular weight excluding hydrogens is 240 g/mol. The zero-order chi connectivity index (χ0) is 13.7. The molecule has 5 nitrogen and oxygen atoms in total. The summed E-state index contributed by atoms with van der Waals surface area (Å²) in [6, 6.07) is 0.890. The van der Waals surface area contributed by atoms with Crippen LogP contribution in [-0.2, 0) is 4.79 Å². The summed E-state index contributed by atoms with van der Waals surface area (Å²) in [4.78, 5) is 16.8. The molecule has 2 fully saturated rings. The van der Waals surface area contributed by atoms with Crippen molar-refractivity contribution in [2.24, 2.45) is 5.73 Å². The number of hydrogen-bond acceptors (Lipinski definition) is 4. The lowest BCUT2D eigenvalue weighted by molar-refractivity contribution is -0.122. The molecule has 0 aliphatic carbocycles. The molecule has 0 bridgehead atoms. The first-order valence-corrected chi connectivity index (χ1v) is 7.69. The number of fused-ring (bicyclic) bond motifs is 1. The first-order valence-electron chi connectivity index (χ1n) is 7.69. The average molecular weight is 268 g/mol. The van der Waals surface area contributed by atoms with Crippen molar-refractivity contribution in [3.63, 3.8) is 0 Å². The Morgan fingerprint density at radius 3 is 2.95 bits per heavy atom. The first-order chi connectivity index (χ1) is 9.24. The Balaban J connectivity index is 1.86. The smallest absolute Gasteiger partial charge is 0.221 e. The van der Waals surface area contributed by atoms with Crippen LogP contribution in [-0.4, -0.2) is 67.1 Å². The van der Waals surface area contributed by atoms with Gasteiger partial charge in [-0.15, -0.1) is 0 Å². The van der Waals surface area contributed by atoms with E-state index in [-0.39, 0.29) is 11.9 Å². The summed E-state index contributed by atoms with van der Waals surface area (Å²) in [5.74, 6) is 0.129. The summed E-state index contributed by atoms with van der Waals surface area (Å²) >= 11 is 0. The molecule has 2 saturated heterocycles. The van der Waals surface area contributed by atoms with Crippen molar-refractivity contribution in [2.45, 2.75) is 44.7 Å². The molecule has 3 N–H and O–H groups in total. The normalized spacial score (nSPS) is 26.7. The van der Waals surface area contributed by atoms with Crippen LogP contribution in [0.5, 0.6) is 0 Å². The quantitative estimate of drug-likeness (QED) is 0.737. The zero-order valence-corrected chi connectivity index (χ0v) is 12.1. The standard InChI is InChI=1S/C14H28N4O/c1-2-16-14(19)9-13(10-15)18-8-7-17-6-4-3-5-12(17)11-18/h12-13H,2-11,15H2,1H3,(H,16,19). The van der Waals surface area contributed by atoms with Crippen LogP contribution in [0.25, 0.3) is 0 Å². The summed E-state index contributed by atoms with van der Waals surface area (Å²) in [5, 5.41) is 2.87. The molecule has 110 valence electrons. The second-order valence-corrected chi connectivity index (χ2v) is 5.73. The van der Waals surface area contributed by atoms with E-state index in [0.29, 0.717) is 25.6 Å². The molecule has 0 aromatic heterocycles. The maximum absolute atomic E-state index is 11.7. The number of piperazine rings is 1. The zero-order valence-electron chi connectivity index (χ0n) is 12.1. The van der Waals surface area contributed by atoms with E-state index >= 15 is 0 Å². The predicted octanol–water partition coefficient (Wildman–Crippen LogP) is 0.0100. The molecular formula is C14H28N4O. The lowest BCUT2D eigenvalue weighted by Crippen LogP contribution is -2.58. The van der Waals surface area contributed by atoms with Crippen molar-refractivity contribution in [3.8, 4) is 0 Å². The van der Waals surface area contributed by atoms with Crippen molar-refractivity contribution >= 4 is 5.91 Å². The Morgan fingerprint density at radius 1 is 1.37 bits per heavy atom. The summed E-state index contributed by atoms with van der Waals surface area (Å²) in [6.45, 7) is 7.75. The monoisotopic (exact) mass is 268 g/mol. The van der Waals surface area contributed by atoms with E-state index in [9.17, 15) is 4.79 Å². The van der Waals surface area contributed by atoms with E-state index < -0.39 is 0 Å². The molecule has 0 aromatic rings. The van der Waals surface area contributed by atoms with Gasteiger partial charge in [0.2, 0.25) is 5.91 Å². The summed E-state index contributed by atoms with van der Waals surface area (Å²) in [5.41, 5.74) is 5.88. The number of nitrogens with zero attached hydrogens (tertiary/aromatic N) is 2. The van der Waals surface area contributed by atoms with Crippen molar-refractivity contribution in [1.82, 2.24) is 15.1 Å². The number of nitrogens with one attached hydrogen (secondary N) is 1. The third-order valence-corrected chi connectivity index (χ3v) is 4.45. The van der Waals surface area contributed by atoms with Gasteiger partial charge in [0.1, 0.15) is 0 Å². The minimum atomic E-state index is 0.129. The lowest BCUT2D eigenvalue weighted by Gasteiger charge is -2.46.